The average Bonchev–Trinajstić information content (AvgIpc) is 2.96. The van der Waals surface area contributed by atoms with E-state index in [0.29, 0.717) is 23.8 Å². The molecule has 1 saturated heterocycles. The third kappa shape index (κ3) is 5.40. The van der Waals surface area contributed by atoms with E-state index in [1.165, 1.54) is 11.3 Å². The number of hydrogen-bond donors (Lipinski definition) is 1. The molecule has 5 nitrogen and oxygen atoms in total. The van der Waals surface area contributed by atoms with Gasteiger partial charge in [0.25, 0.3) is 10.0 Å². The molecule has 0 radical (unpaired) electrons. The molecule has 0 atom stereocenters. The molecule has 1 fully saturated rings. The van der Waals surface area contributed by atoms with Crippen molar-refractivity contribution >= 4 is 43.2 Å². The summed E-state index contributed by atoms with van der Waals surface area (Å²) in [5.74, 6) is -0.0905. The Balaban J connectivity index is 1.59. The van der Waals surface area contributed by atoms with Crippen molar-refractivity contribution in [2.24, 2.45) is 0 Å². The van der Waals surface area contributed by atoms with Crippen molar-refractivity contribution in [2.45, 2.75) is 42.9 Å². The molecular formula is C19H23BrN2O3S2. The summed E-state index contributed by atoms with van der Waals surface area (Å²) in [6.45, 7) is 1.53. The second kappa shape index (κ2) is 9.32. The number of nitrogens with one attached hydrogen (secondary N) is 1. The predicted molar refractivity (Wildman–Crippen MR) is 111 cm³/mol. The topological polar surface area (TPSA) is 66.5 Å². The van der Waals surface area contributed by atoms with Gasteiger partial charge in [0.1, 0.15) is 4.21 Å². The molecule has 3 rings (SSSR count). The molecule has 0 aliphatic carbocycles. The van der Waals surface area contributed by atoms with Gasteiger partial charge in [-0.25, -0.2) is 8.42 Å². The van der Waals surface area contributed by atoms with Crippen LogP contribution in [-0.4, -0.2) is 31.7 Å². The summed E-state index contributed by atoms with van der Waals surface area (Å²) in [5, 5.41) is 2.87. The fourth-order valence-corrected chi connectivity index (χ4v) is 6.46. The molecule has 0 spiro atoms. The van der Waals surface area contributed by atoms with Crippen molar-refractivity contribution in [1.29, 1.82) is 0 Å². The van der Waals surface area contributed by atoms with E-state index >= 15 is 0 Å². The summed E-state index contributed by atoms with van der Waals surface area (Å²) in [5.41, 5.74) is 0.922. The van der Waals surface area contributed by atoms with Crippen molar-refractivity contribution in [3.63, 3.8) is 0 Å². The highest BCUT2D eigenvalue weighted by Gasteiger charge is 2.26. The molecule has 2 aromatic rings. The Morgan fingerprint density at radius 1 is 1.07 bits per heavy atom. The van der Waals surface area contributed by atoms with Crippen LogP contribution in [0.2, 0.25) is 0 Å². The minimum absolute atomic E-state index is 0.0905. The lowest BCUT2D eigenvalue weighted by Crippen LogP contribution is -2.31. The maximum absolute atomic E-state index is 12.8. The molecule has 8 heteroatoms. The lowest BCUT2D eigenvalue weighted by molar-refractivity contribution is -0.120. The number of thiophene rings is 1. The first-order chi connectivity index (χ1) is 13.0. The highest BCUT2D eigenvalue weighted by Crippen LogP contribution is 2.27. The molecule has 1 aromatic carbocycles. The molecule has 1 aromatic heterocycles. The maximum atomic E-state index is 12.8. The first-order valence-corrected chi connectivity index (χ1v) is 12.1. The largest absolute Gasteiger partial charge is 0.351 e. The Bertz CT molecular complexity index is 888. The van der Waals surface area contributed by atoms with E-state index in [2.05, 4.69) is 21.2 Å². The molecule has 1 N–H and O–H groups in total. The van der Waals surface area contributed by atoms with Gasteiger partial charge >= 0.3 is 0 Å². The van der Waals surface area contributed by atoms with Crippen LogP contribution in [0.5, 0.6) is 0 Å². The Kier molecular flexibility index (Phi) is 7.08. The SMILES string of the molecule is O=C(Cc1ccccc1Br)NCc1ccc(S(=O)(=O)N2CCCCCC2)s1. The molecule has 2 heterocycles. The Morgan fingerprint density at radius 3 is 2.48 bits per heavy atom. The van der Waals surface area contributed by atoms with Crippen LogP contribution in [0.4, 0.5) is 0 Å². The Labute approximate surface area is 173 Å². The van der Waals surface area contributed by atoms with Gasteiger partial charge in [-0.3, -0.25) is 4.79 Å². The van der Waals surface area contributed by atoms with E-state index in [1.807, 2.05) is 24.3 Å². The smallest absolute Gasteiger partial charge is 0.252 e. The quantitative estimate of drug-likeness (QED) is 0.694. The number of nitrogens with zero attached hydrogens (tertiary/aromatic N) is 1. The summed E-state index contributed by atoms with van der Waals surface area (Å²) in [6.07, 6.45) is 4.30. The van der Waals surface area contributed by atoms with Gasteiger partial charge in [0, 0.05) is 22.4 Å². The van der Waals surface area contributed by atoms with Gasteiger partial charge in [-0.1, -0.05) is 47.0 Å². The summed E-state index contributed by atoms with van der Waals surface area (Å²) >= 11 is 4.68. The summed E-state index contributed by atoms with van der Waals surface area (Å²) < 4.78 is 28.5. The zero-order valence-electron chi connectivity index (χ0n) is 15.0. The molecule has 0 saturated carbocycles. The predicted octanol–water partition coefficient (Wildman–Crippen LogP) is 3.93. The molecule has 1 aliphatic heterocycles. The van der Waals surface area contributed by atoms with Crippen LogP contribution in [0, 0.1) is 0 Å². The number of rotatable bonds is 6. The maximum Gasteiger partial charge on any atom is 0.252 e. The van der Waals surface area contributed by atoms with Gasteiger partial charge in [-0.2, -0.15) is 4.31 Å². The molecule has 0 bridgehead atoms. The van der Waals surface area contributed by atoms with E-state index in [4.69, 9.17) is 0 Å². The zero-order valence-corrected chi connectivity index (χ0v) is 18.2. The van der Waals surface area contributed by atoms with Crippen LogP contribution in [0.15, 0.2) is 45.1 Å². The minimum atomic E-state index is -3.42. The first-order valence-electron chi connectivity index (χ1n) is 9.06. The summed E-state index contributed by atoms with van der Waals surface area (Å²) in [7, 11) is -3.42. The summed E-state index contributed by atoms with van der Waals surface area (Å²) in [6, 6.07) is 11.0. The van der Waals surface area contributed by atoms with E-state index in [-0.39, 0.29) is 12.3 Å². The third-order valence-corrected chi connectivity index (χ3v) is 8.79. The normalized spacial score (nSPS) is 16.0. The van der Waals surface area contributed by atoms with Crippen molar-refractivity contribution in [2.75, 3.05) is 13.1 Å². The van der Waals surface area contributed by atoms with Crippen LogP contribution < -0.4 is 5.32 Å². The Morgan fingerprint density at radius 2 is 1.78 bits per heavy atom. The van der Waals surface area contributed by atoms with Crippen LogP contribution >= 0.6 is 27.3 Å². The fraction of sp³-hybridized carbons (Fsp3) is 0.421. The molecule has 27 heavy (non-hydrogen) atoms. The van der Waals surface area contributed by atoms with Crippen molar-refractivity contribution in [1.82, 2.24) is 9.62 Å². The number of carbonyl (C=O) groups is 1. The van der Waals surface area contributed by atoms with Crippen LogP contribution in [0.25, 0.3) is 0 Å². The zero-order chi connectivity index (χ0) is 19.3. The second-order valence-electron chi connectivity index (χ2n) is 6.58. The van der Waals surface area contributed by atoms with Gasteiger partial charge in [0.2, 0.25) is 5.91 Å². The van der Waals surface area contributed by atoms with Crippen molar-refractivity contribution in [3.05, 3.63) is 51.3 Å². The monoisotopic (exact) mass is 470 g/mol. The van der Waals surface area contributed by atoms with Crippen LogP contribution in [0.3, 0.4) is 0 Å². The van der Waals surface area contributed by atoms with E-state index in [1.54, 1.807) is 16.4 Å². The van der Waals surface area contributed by atoms with Gasteiger partial charge in [-0.05, 0) is 36.6 Å². The number of hydrogen-bond acceptors (Lipinski definition) is 4. The molecule has 0 unspecified atom stereocenters. The average molecular weight is 471 g/mol. The number of sulfonamides is 1. The molecule has 146 valence electrons. The first kappa shape index (κ1) is 20.5. The van der Waals surface area contributed by atoms with Crippen LogP contribution in [0.1, 0.15) is 36.1 Å². The number of carbonyl (C=O) groups excluding carboxylic acids is 1. The van der Waals surface area contributed by atoms with Gasteiger partial charge in [0.05, 0.1) is 13.0 Å². The third-order valence-electron chi connectivity index (χ3n) is 4.56. The minimum Gasteiger partial charge on any atom is -0.351 e. The molecule has 1 amide bonds. The fourth-order valence-electron chi connectivity index (χ4n) is 3.06. The van der Waals surface area contributed by atoms with E-state index in [0.717, 1.165) is 40.6 Å². The molecule has 1 aliphatic rings. The highest BCUT2D eigenvalue weighted by molar-refractivity contribution is 9.10. The number of benzene rings is 1. The number of amides is 1. The lowest BCUT2D eigenvalue weighted by atomic mass is 10.1. The van der Waals surface area contributed by atoms with Gasteiger partial charge < -0.3 is 5.32 Å². The van der Waals surface area contributed by atoms with Crippen molar-refractivity contribution in [3.8, 4) is 0 Å². The van der Waals surface area contributed by atoms with E-state index < -0.39 is 10.0 Å². The van der Waals surface area contributed by atoms with Gasteiger partial charge in [0.15, 0.2) is 0 Å². The highest BCUT2D eigenvalue weighted by atomic mass is 79.9. The lowest BCUT2D eigenvalue weighted by Gasteiger charge is -2.18. The van der Waals surface area contributed by atoms with Crippen LogP contribution in [-0.2, 0) is 27.8 Å². The number of halogens is 1. The Hall–Kier alpha value is -1.22. The van der Waals surface area contributed by atoms with Crippen molar-refractivity contribution < 1.29 is 13.2 Å². The van der Waals surface area contributed by atoms with Gasteiger partial charge in [-0.15, -0.1) is 11.3 Å². The molecular weight excluding hydrogens is 448 g/mol. The summed E-state index contributed by atoms with van der Waals surface area (Å²) in [4.78, 5) is 13.0. The standard InChI is InChI=1S/C19H23BrN2O3S2/c20-17-8-4-3-7-15(17)13-18(23)21-14-16-9-10-19(26-16)27(24,25)22-11-5-1-2-6-12-22/h3-4,7-10H,1-2,5-6,11-14H2,(H,21,23). The van der Waals surface area contributed by atoms with E-state index in [9.17, 15) is 13.2 Å². The second-order valence-corrected chi connectivity index (χ2v) is 10.8.